The highest BCUT2D eigenvalue weighted by Crippen LogP contribution is 2.59. The van der Waals surface area contributed by atoms with Crippen molar-refractivity contribution in [3.8, 4) is 0 Å². The van der Waals surface area contributed by atoms with Crippen molar-refractivity contribution in [2.45, 2.75) is 72.0 Å². The summed E-state index contributed by atoms with van der Waals surface area (Å²) in [5.41, 5.74) is 2.30. The molecule has 3 aliphatic carbocycles. The van der Waals surface area contributed by atoms with Crippen LogP contribution in [0.5, 0.6) is 0 Å². The van der Waals surface area contributed by atoms with Crippen LogP contribution in [-0.2, 0) is 9.53 Å². The number of ketones is 1. The summed E-state index contributed by atoms with van der Waals surface area (Å²) in [6.07, 6.45) is 4.22. The second-order valence-corrected chi connectivity index (χ2v) is 9.23. The van der Waals surface area contributed by atoms with Gasteiger partial charge in [0.2, 0.25) is 0 Å². The van der Waals surface area contributed by atoms with Crippen molar-refractivity contribution < 1.29 is 14.6 Å². The van der Waals surface area contributed by atoms with Crippen LogP contribution >= 0.6 is 0 Å². The third-order valence-corrected chi connectivity index (χ3v) is 8.07. The van der Waals surface area contributed by atoms with Gasteiger partial charge in [0.25, 0.3) is 0 Å². The molecule has 4 aliphatic rings. The first-order chi connectivity index (χ1) is 10.8. The van der Waals surface area contributed by atoms with Gasteiger partial charge in [-0.25, -0.2) is 0 Å². The molecule has 0 aromatic rings. The molecule has 2 bridgehead atoms. The molecule has 1 saturated heterocycles. The van der Waals surface area contributed by atoms with Crippen molar-refractivity contribution in [1.82, 2.24) is 0 Å². The van der Waals surface area contributed by atoms with Gasteiger partial charge >= 0.3 is 0 Å². The fourth-order valence-electron chi connectivity index (χ4n) is 6.08. The Morgan fingerprint density at radius 3 is 2.61 bits per heavy atom. The van der Waals surface area contributed by atoms with Crippen LogP contribution in [-0.4, -0.2) is 29.7 Å². The fraction of sp³-hybridized carbons (Fsp3) is 0.850. The smallest absolute Gasteiger partial charge is 0.145 e. The molecule has 0 radical (unpaired) electrons. The second-order valence-electron chi connectivity index (χ2n) is 9.23. The summed E-state index contributed by atoms with van der Waals surface area (Å²) in [7, 11) is 0. The molecule has 0 aromatic heterocycles. The predicted octanol–water partition coefficient (Wildman–Crippen LogP) is 3.50. The summed E-state index contributed by atoms with van der Waals surface area (Å²) < 4.78 is 5.70. The molecular formula is C20H30O3. The summed E-state index contributed by atoms with van der Waals surface area (Å²) in [6, 6.07) is 0. The zero-order valence-electron chi connectivity index (χ0n) is 14.9. The number of aliphatic hydroxyl groups is 1. The normalized spacial score (nSPS) is 48.7. The molecule has 3 heteroatoms. The number of rotatable bonds is 0. The van der Waals surface area contributed by atoms with E-state index < -0.39 is 11.5 Å². The number of fused-ring (bicyclic) bond motifs is 5. The average Bonchev–Trinajstić information content (AvgIpc) is 2.46. The zero-order valence-corrected chi connectivity index (χ0v) is 14.9. The number of allylic oxidation sites excluding steroid dienone is 2. The van der Waals surface area contributed by atoms with Gasteiger partial charge in [0, 0.05) is 18.8 Å². The van der Waals surface area contributed by atoms with Gasteiger partial charge in [-0.1, -0.05) is 25.0 Å². The number of carbonyl (C=O) groups excluding carboxylic acids is 1. The Morgan fingerprint density at radius 2 is 1.96 bits per heavy atom. The fourth-order valence-corrected chi connectivity index (χ4v) is 6.08. The molecule has 3 nitrogen and oxygen atoms in total. The van der Waals surface area contributed by atoms with Crippen LogP contribution in [0.2, 0.25) is 0 Å². The number of hydrogen-bond donors (Lipinski definition) is 1. The molecule has 4 rings (SSSR count). The Bertz CT molecular complexity index is 575. The van der Waals surface area contributed by atoms with Gasteiger partial charge in [0.15, 0.2) is 0 Å². The summed E-state index contributed by atoms with van der Waals surface area (Å²) in [4.78, 5) is 13.3. The van der Waals surface area contributed by atoms with Gasteiger partial charge in [-0.3, -0.25) is 4.79 Å². The largest absolute Gasteiger partial charge is 0.392 e. The number of aliphatic hydroxyl groups excluding tert-OH is 1. The van der Waals surface area contributed by atoms with Gasteiger partial charge < -0.3 is 9.84 Å². The lowest BCUT2D eigenvalue weighted by Gasteiger charge is -2.59. The van der Waals surface area contributed by atoms with Gasteiger partial charge in [-0.15, -0.1) is 0 Å². The molecule has 5 unspecified atom stereocenters. The van der Waals surface area contributed by atoms with Gasteiger partial charge in [0.05, 0.1) is 24.2 Å². The molecule has 6 atom stereocenters. The van der Waals surface area contributed by atoms with E-state index in [-0.39, 0.29) is 23.2 Å². The minimum atomic E-state index is -0.581. The second kappa shape index (κ2) is 4.92. The zero-order chi connectivity index (χ0) is 16.6. The summed E-state index contributed by atoms with van der Waals surface area (Å²) in [6.45, 7) is 9.69. The summed E-state index contributed by atoms with van der Waals surface area (Å²) in [5.74, 6) is 1.63. The molecule has 128 valence electrons. The van der Waals surface area contributed by atoms with Crippen LogP contribution in [0.15, 0.2) is 11.1 Å². The molecule has 0 aromatic carbocycles. The third-order valence-electron chi connectivity index (χ3n) is 8.07. The molecule has 0 spiro atoms. The highest BCUT2D eigenvalue weighted by molar-refractivity contribution is 5.88. The summed E-state index contributed by atoms with van der Waals surface area (Å²) >= 11 is 0. The molecule has 2 saturated carbocycles. The Morgan fingerprint density at radius 1 is 1.22 bits per heavy atom. The highest BCUT2D eigenvalue weighted by atomic mass is 16.5. The molecular weight excluding hydrogens is 288 g/mol. The van der Waals surface area contributed by atoms with E-state index in [2.05, 4.69) is 20.8 Å². The van der Waals surface area contributed by atoms with E-state index in [1.165, 1.54) is 17.6 Å². The predicted molar refractivity (Wildman–Crippen MR) is 88.9 cm³/mol. The molecule has 0 amide bonds. The quantitative estimate of drug-likeness (QED) is 0.695. The Labute approximate surface area is 139 Å². The van der Waals surface area contributed by atoms with Crippen LogP contribution in [0.1, 0.15) is 59.8 Å². The van der Waals surface area contributed by atoms with Crippen LogP contribution in [0.3, 0.4) is 0 Å². The first-order valence-electron chi connectivity index (χ1n) is 9.28. The van der Waals surface area contributed by atoms with Gasteiger partial charge in [0.1, 0.15) is 5.78 Å². The number of carbonyl (C=O) groups is 1. The van der Waals surface area contributed by atoms with Crippen molar-refractivity contribution in [2.75, 3.05) is 6.61 Å². The maximum Gasteiger partial charge on any atom is 0.145 e. The van der Waals surface area contributed by atoms with Crippen molar-refractivity contribution in [3.05, 3.63) is 11.1 Å². The third kappa shape index (κ3) is 1.99. The van der Waals surface area contributed by atoms with Crippen molar-refractivity contribution in [2.24, 2.45) is 28.6 Å². The maximum atomic E-state index is 13.3. The summed E-state index contributed by atoms with van der Waals surface area (Å²) in [5, 5.41) is 10.8. The highest BCUT2D eigenvalue weighted by Gasteiger charge is 2.61. The lowest BCUT2D eigenvalue weighted by Crippen LogP contribution is -2.63. The van der Waals surface area contributed by atoms with Gasteiger partial charge in [-0.05, 0) is 50.4 Å². The molecule has 23 heavy (non-hydrogen) atoms. The average molecular weight is 318 g/mol. The van der Waals surface area contributed by atoms with Crippen molar-refractivity contribution >= 4 is 5.78 Å². The Hall–Kier alpha value is -0.670. The SMILES string of the molecule is CC1=C2CC(=O)C3(C)C(O)CC4OC[C@H]4C3CC(CC1)C2(C)C. The van der Waals surface area contributed by atoms with E-state index in [4.69, 9.17) is 4.74 Å². The van der Waals surface area contributed by atoms with Crippen LogP contribution in [0.25, 0.3) is 0 Å². The van der Waals surface area contributed by atoms with E-state index in [0.717, 1.165) is 19.4 Å². The monoisotopic (exact) mass is 318 g/mol. The van der Waals surface area contributed by atoms with Crippen LogP contribution in [0, 0.1) is 28.6 Å². The van der Waals surface area contributed by atoms with Crippen LogP contribution < -0.4 is 0 Å². The van der Waals surface area contributed by atoms with E-state index >= 15 is 0 Å². The Balaban J connectivity index is 1.80. The number of Topliss-reactive ketones (excluding diaryl/α,β-unsaturated/α-hetero) is 1. The molecule has 1 aliphatic heterocycles. The topological polar surface area (TPSA) is 46.5 Å². The van der Waals surface area contributed by atoms with Crippen molar-refractivity contribution in [1.29, 1.82) is 0 Å². The molecule has 3 fully saturated rings. The Kier molecular flexibility index (Phi) is 3.39. The van der Waals surface area contributed by atoms with E-state index in [9.17, 15) is 9.90 Å². The lowest BCUT2D eigenvalue weighted by molar-refractivity contribution is -0.227. The first kappa shape index (κ1) is 15.8. The van der Waals surface area contributed by atoms with Gasteiger partial charge in [-0.2, -0.15) is 0 Å². The van der Waals surface area contributed by atoms with Crippen molar-refractivity contribution in [3.63, 3.8) is 0 Å². The first-order valence-corrected chi connectivity index (χ1v) is 9.28. The number of ether oxygens (including phenoxy) is 1. The molecule has 1 N–H and O–H groups in total. The number of hydrogen-bond acceptors (Lipinski definition) is 3. The van der Waals surface area contributed by atoms with E-state index in [1.54, 1.807) is 0 Å². The maximum absolute atomic E-state index is 13.3. The minimum Gasteiger partial charge on any atom is -0.392 e. The van der Waals surface area contributed by atoms with E-state index in [1.807, 2.05) is 6.92 Å². The minimum absolute atomic E-state index is 0.113. The molecule has 1 heterocycles. The van der Waals surface area contributed by atoms with Crippen LogP contribution in [0.4, 0.5) is 0 Å². The standard InChI is InChI=1S/C20H30O3/c1-11-5-6-12-7-15-13-10-23-16(13)9-18(22)20(15,4)17(21)8-14(11)19(12,2)3/h12-13,15-16,18,22H,5-10H2,1-4H3/t12?,13-,15?,16?,18?,20?/m0/s1. The lowest BCUT2D eigenvalue weighted by atomic mass is 9.49. The van der Waals surface area contributed by atoms with E-state index in [0.29, 0.717) is 24.7 Å².